The summed E-state index contributed by atoms with van der Waals surface area (Å²) < 4.78 is 11.3. The van der Waals surface area contributed by atoms with Crippen LogP contribution in [0.4, 0.5) is 0 Å². The highest BCUT2D eigenvalue weighted by Crippen LogP contribution is 2.26. The lowest BCUT2D eigenvalue weighted by atomic mass is 9.98. The summed E-state index contributed by atoms with van der Waals surface area (Å²) in [5, 5.41) is 3.06. The Bertz CT molecular complexity index is 542. The number of carbonyl (C=O) groups excluding carboxylic acids is 1. The Hall–Kier alpha value is -1.75. The Morgan fingerprint density at radius 2 is 1.88 bits per heavy atom. The van der Waals surface area contributed by atoms with E-state index in [1.165, 1.54) is 12.8 Å². The van der Waals surface area contributed by atoms with E-state index in [1.54, 1.807) is 0 Å². The third-order valence-corrected chi connectivity index (χ3v) is 4.99. The van der Waals surface area contributed by atoms with Crippen LogP contribution in [0.2, 0.25) is 0 Å². The molecule has 1 aromatic rings. The molecule has 1 aliphatic rings. The summed E-state index contributed by atoms with van der Waals surface area (Å²) in [6.07, 6.45) is 3.71. The maximum atomic E-state index is 12.1. The first-order chi connectivity index (χ1) is 12.6. The van der Waals surface area contributed by atoms with E-state index in [0.29, 0.717) is 32.1 Å². The van der Waals surface area contributed by atoms with Gasteiger partial charge in [-0.15, -0.1) is 0 Å². The number of nitrogens with one attached hydrogen (secondary N) is 1. The highest BCUT2D eigenvalue weighted by molar-refractivity contribution is 5.75. The fraction of sp³-hybridized carbons (Fsp3) is 0.667. The van der Waals surface area contributed by atoms with Crippen molar-refractivity contribution in [2.24, 2.45) is 5.92 Å². The van der Waals surface area contributed by atoms with Gasteiger partial charge in [-0.1, -0.05) is 19.1 Å². The molecule has 1 atom stereocenters. The lowest BCUT2D eigenvalue weighted by Gasteiger charge is -2.35. The first kappa shape index (κ1) is 20.6. The van der Waals surface area contributed by atoms with Crippen LogP contribution in [0.1, 0.15) is 46.5 Å². The standard InChI is InChI=1S/C21H34N2O3/c1-4-25-19-8-5-6-9-20(19)26-15-7-10-21(24)22-16-18(3)23-13-11-17(2)12-14-23/h5-6,8-9,17-18H,4,7,10-16H2,1-3H3,(H,22,24). The Balaban J connectivity index is 1.60. The Labute approximate surface area is 158 Å². The van der Waals surface area contributed by atoms with Crippen LogP contribution < -0.4 is 14.8 Å². The molecule has 5 heteroatoms. The molecule has 146 valence electrons. The molecule has 1 heterocycles. The Morgan fingerprint density at radius 1 is 1.23 bits per heavy atom. The molecule has 26 heavy (non-hydrogen) atoms. The number of piperidine rings is 1. The van der Waals surface area contributed by atoms with Gasteiger partial charge >= 0.3 is 0 Å². The van der Waals surface area contributed by atoms with Crippen molar-refractivity contribution in [3.63, 3.8) is 0 Å². The molecule has 1 fully saturated rings. The zero-order valence-electron chi connectivity index (χ0n) is 16.5. The van der Waals surface area contributed by atoms with E-state index < -0.39 is 0 Å². The summed E-state index contributed by atoms with van der Waals surface area (Å²) in [4.78, 5) is 14.5. The molecule has 0 radical (unpaired) electrons. The third kappa shape index (κ3) is 6.87. The molecule has 0 aliphatic carbocycles. The molecule has 0 spiro atoms. The van der Waals surface area contributed by atoms with Gasteiger partial charge in [-0.25, -0.2) is 0 Å². The van der Waals surface area contributed by atoms with Crippen molar-refractivity contribution >= 4 is 5.91 Å². The number of hydrogen-bond donors (Lipinski definition) is 1. The smallest absolute Gasteiger partial charge is 0.220 e. The van der Waals surface area contributed by atoms with Crippen molar-refractivity contribution in [1.29, 1.82) is 0 Å². The van der Waals surface area contributed by atoms with Crippen LogP contribution in [-0.4, -0.2) is 49.7 Å². The number of amides is 1. The second kappa shape index (κ2) is 11.1. The van der Waals surface area contributed by atoms with Crippen LogP contribution in [-0.2, 0) is 4.79 Å². The van der Waals surface area contributed by atoms with Crippen LogP contribution in [0.15, 0.2) is 24.3 Å². The van der Waals surface area contributed by atoms with Crippen LogP contribution in [0.3, 0.4) is 0 Å². The van der Waals surface area contributed by atoms with E-state index in [0.717, 1.165) is 37.1 Å². The molecule has 1 unspecified atom stereocenters. The van der Waals surface area contributed by atoms with E-state index in [2.05, 4.69) is 24.1 Å². The van der Waals surface area contributed by atoms with E-state index in [4.69, 9.17) is 9.47 Å². The molecule has 0 saturated carbocycles. The summed E-state index contributed by atoms with van der Waals surface area (Å²) >= 11 is 0. The fourth-order valence-corrected chi connectivity index (χ4v) is 3.21. The normalized spacial score (nSPS) is 16.9. The maximum absolute atomic E-state index is 12.1. The summed E-state index contributed by atoms with van der Waals surface area (Å²) in [5.41, 5.74) is 0. The number of nitrogens with zero attached hydrogens (tertiary/aromatic N) is 1. The van der Waals surface area contributed by atoms with Crippen molar-refractivity contribution < 1.29 is 14.3 Å². The number of ether oxygens (including phenoxy) is 2. The quantitative estimate of drug-likeness (QED) is 0.648. The van der Waals surface area contributed by atoms with Gasteiger partial charge in [0.2, 0.25) is 5.91 Å². The summed E-state index contributed by atoms with van der Waals surface area (Å²) in [5.74, 6) is 2.43. The molecular formula is C21H34N2O3. The summed E-state index contributed by atoms with van der Waals surface area (Å²) in [7, 11) is 0. The maximum Gasteiger partial charge on any atom is 0.220 e. The predicted octanol–water partition coefficient (Wildman–Crippen LogP) is 3.48. The first-order valence-corrected chi connectivity index (χ1v) is 9.95. The van der Waals surface area contributed by atoms with Crippen LogP contribution in [0.5, 0.6) is 11.5 Å². The minimum absolute atomic E-state index is 0.101. The SMILES string of the molecule is CCOc1ccccc1OCCCC(=O)NCC(C)N1CCC(C)CC1. The van der Waals surface area contributed by atoms with E-state index in [9.17, 15) is 4.79 Å². The second-order valence-electron chi connectivity index (χ2n) is 7.20. The minimum Gasteiger partial charge on any atom is -0.490 e. The van der Waals surface area contributed by atoms with Gasteiger partial charge in [-0.3, -0.25) is 9.69 Å². The second-order valence-corrected chi connectivity index (χ2v) is 7.20. The number of para-hydroxylation sites is 2. The molecule has 1 saturated heterocycles. The van der Waals surface area contributed by atoms with Gasteiger partial charge in [0.25, 0.3) is 0 Å². The molecular weight excluding hydrogens is 328 g/mol. The zero-order chi connectivity index (χ0) is 18.8. The Morgan fingerprint density at radius 3 is 2.54 bits per heavy atom. The van der Waals surface area contributed by atoms with Crippen LogP contribution in [0, 0.1) is 5.92 Å². The van der Waals surface area contributed by atoms with Crippen LogP contribution in [0.25, 0.3) is 0 Å². The highest BCUT2D eigenvalue weighted by Gasteiger charge is 2.20. The van der Waals surface area contributed by atoms with Gasteiger partial charge in [0.1, 0.15) is 0 Å². The average molecular weight is 363 g/mol. The summed E-state index contributed by atoms with van der Waals surface area (Å²) in [6.45, 7) is 10.6. The molecule has 0 aromatic heterocycles. The van der Waals surface area contributed by atoms with Crippen molar-refractivity contribution in [3.8, 4) is 11.5 Å². The molecule has 1 aromatic carbocycles. The molecule has 1 amide bonds. The van der Waals surface area contributed by atoms with Gasteiger partial charge in [0, 0.05) is 19.0 Å². The van der Waals surface area contributed by atoms with Gasteiger partial charge < -0.3 is 14.8 Å². The fourth-order valence-electron chi connectivity index (χ4n) is 3.21. The Kier molecular flexibility index (Phi) is 8.75. The number of likely N-dealkylation sites (tertiary alicyclic amines) is 1. The predicted molar refractivity (Wildman–Crippen MR) is 105 cm³/mol. The van der Waals surface area contributed by atoms with Crippen molar-refractivity contribution in [3.05, 3.63) is 24.3 Å². The lowest BCUT2D eigenvalue weighted by molar-refractivity contribution is -0.121. The lowest BCUT2D eigenvalue weighted by Crippen LogP contribution is -2.45. The minimum atomic E-state index is 0.101. The van der Waals surface area contributed by atoms with Crippen molar-refractivity contribution in [2.75, 3.05) is 32.8 Å². The highest BCUT2D eigenvalue weighted by atomic mass is 16.5. The van der Waals surface area contributed by atoms with Gasteiger partial charge in [0.15, 0.2) is 11.5 Å². The van der Waals surface area contributed by atoms with E-state index in [-0.39, 0.29) is 5.91 Å². The average Bonchev–Trinajstić information content (AvgIpc) is 2.65. The summed E-state index contributed by atoms with van der Waals surface area (Å²) in [6, 6.07) is 8.05. The van der Waals surface area contributed by atoms with Gasteiger partial charge in [-0.05, 0) is 64.3 Å². The van der Waals surface area contributed by atoms with Crippen molar-refractivity contribution in [1.82, 2.24) is 10.2 Å². The largest absolute Gasteiger partial charge is 0.490 e. The van der Waals surface area contributed by atoms with E-state index >= 15 is 0 Å². The van der Waals surface area contributed by atoms with E-state index in [1.807, 2.05) is 31.2 Å². The molecule has 0 bridgehead atoms. The molecule has 1 N–H and O–H groups in total. The third-order valence-electron chi connectivity index (χ3n) is 4.99. The number of carbonyl (C=O) groups is 1. The molecule has 2 rings (SSSR count). The zero-order valence-corrected chi connectivity index (χ0v) is 16.5. The number of hydrogen-bond acceptors (Lipinski definition) is 4. The van der Waals surface area contributed by atoms with Crippen LogP contribution >= 0.6 is 0 Å². The molecule has 5 nitrogen and oxygen atoms in total. The van der Waals surface area contributed by atoms with Gasteiger partial charge in [0.05, 0.1) is 13.2 Å². The topological polar surface area (TPSA) is 50.8 Å². The monoisotopic (exact) mass is 362 g/mol. The van der Waals surface area contributed by atoms with Crippen molar-refractivity contribution in [2.45, 2.75) is 52.5 Å². The first-order valence-electron chi connectivity index (χ1n) is 9.95. The van der Waals surface area contributed by atoms with Gasteiger partial charge in [-0.2, -0.15) is 0 Å². The molecule has 1 aliphatic heterocycles. The number of rotatable bonds is 10. The number of benzene rings is 1.